The van der Waals surface area contributed by atoms with Gasteiger partial charge in [0, 0.05) is 17.5 Å². The van der Waals surface area contributed by atoms with Crippen molar-refractivity contribution < 1.29 is 4.79 Å². The van der Waals surface area contributed by atoms with Crippen molar-refractivity contribution in [2.24, 2.45) is 0 Å². The molecule has 1 fully saturated rings. The van der Waals surface area contributed by atoms with Gasteiger partial charge in [0.05, 0.1) is 15.6 Å². The van der Waals surface area contributed by atoms with Gasteiger partial charge in [-0.3, -0.25) is 4.79 Å². The molecule has 122 valence electrons. The Morgan fingerprint density at radius 2 is 2.00 bits per heavy atom. The summed E-state index contributed by atoms with van der Waals surface area (Å²) in [6, 6.07) is 3.79. The van der Waals surface area contributed by atoms with Gasteiger partial charge in [0.2, 0.25) is 0 Å². The average Bonchev–Trinajstić information content (AvgIpc) is 2.53. The van der Waals surface area contributed by atoms with Crippen LogP contribution in [0.1, 0.15) is 36.5 Å². The Morgan fingerprint density at radius 1 is 1.32 bits per heavy atom. The molecular formula is C16H22Cl2N2OS. The number of piperidine rings is 1. The van der Waals surface area contributed by atoms with Gasteiger partial charge in [-0.05, 0) is 50.7 Å². The first kappa shape index (κ1) is 17.9. The van der Waals surface area contributed by atoms with Crippen LogP contribution in [0.15, 0.2) is 17.0 Å². The van der Waals surface area contributed by atoms with Gasteiger partial charge in [0.15, 0.2) is 0 Å². The molecule has 1 aromatic carbocycles. The molecule has 1 heterocycles. The summed E-state index contributed by atoms with van der Waals surface area (Å²) >= 11 is 14.0. The van der Waals surface area contributed by atoms with E-state index in [0.717, 1.165) is 43.8 Å². The Bertz CT molecular complexity index is 533. The van der Waals surface area contributed by atoms with Gasteiger partial charge in [0.1, 0.15) is 0 Å². The van der Waals surface area contributed by atoms with Crippen molar-refractivity contribution in [2.75, 3.05) is 25.9 Å². The number of hydrogen-bond acceptors (Lipinski definition) is 3. The van der Waals surface area contributed by atoms with Crippen molar-refractivity contribution in [3.8, 4) is 0 Å². The number of nitrogens with one attached hydrogen (secondary N) is 1. The summed E-state index contributed by atoms with van der Waals surface area (Å²) < 4.78 is 0. The lowest BCUT2D eigenvalue weighted by Crippen LogP contribution is -2.46. The van der Waals surface area contributed by atoms with Crippen molar-refractivity contribution >= 4 is 40.9 Å². The number of nitrogens with zero attached hydrogens (tertiary/aromatic N) is 1. The van der Waals surface area contributed by atoms with Crippen LogP contribution in [-0.2, 0) is 0 Å². The van der Waals surface area contributed by atoms with E-state index in [9.17, 15) is 4.79 Å². The van der Waals surface area contributed by atoms with E-state index >= 15 is 0 Å². The van der Waals surface area contributed by atoms with Crippen LogP contribution < -0.4 is 5.32 Å². The van der Waals surface area contributed by atoms with Gasteiger partial charge in [-0.2, -0.15) is 0 Å². The lowest BCUT2D eigenvalue weighted by molar-refractivity contribution is 0.0642. The highest BCUT2D eigenvalue weighted by atomic mass is 35.5. The molecule has 6 heteroatoms. The molecule has 0 unspecified atom stereocenters. The van der Waals surface area contributed by atoms with Crippen LogP contribution in [0.2, 0.25) is 10.0 Å². The Hall–Kier alpha value is -0.420. The molecule has 0 spiro atoms. The number of carbonyl (C=O) groups is 1. The van der Waals surface area contributed by atoms with Crippen LogP contribution in [0.5, 0.6) is 0 Å². The molecule has 0 aromatic heterocycles. The van der Waals surface area contributed by atoms with Crippen molar-refractivity contribution in [3.05, 3.63) is 27.7 Å². The van der Waals surface area contributed by atoms with Gasteiger partial charge >= 0.3 is 0 Å². The normalized spacial score (nSPS) is 15.8. The second-order valence-corrected chi connectivity index (χ2v) is 7.11. The van der Waals surface area contributed by atoms with Crippen LogP contribution in [0.4, 0.5) is 0 Å². The molecule has 0 atom stereocenters. The number of rotatable bonds is 5. The molecule has 22 heavy (non-hydrogen) atoms. The van der Waals surface area contributed by atoms with Gasteiger partial charge in [-0.25, -0.2) is 0 Å². The lowest BCUT2D eigenvalue weighted by Gasteiger charge is -2.35. The molecule has 1 saturated heterocycles. The van der Waals surface area contributed by atoms with Crippen molar-refractivity contribution in [1.29, 1.82) is 0 Å². The fraction of sp³-hybridized carbons (Fsp3) is 0.562. The van der Waals surface area contributed by atoms with E-state index in [2.05, 4.69) is 12.2 Å². The fourth-order valence-corrected chi connectivity index (χ4v) is 4.00. The summed E-state index contributed by atoms with van der Waals surface area (Å²) in [5.74, 6) is 0.0192. The SMILES string of the molecule is CCCN(C(=O)c1cc(SC)c(Cl)cc1Cl)C1CCNCC1. The van der Waals surface area contributed by atoms with E-state index in [-0.39, 0.29) is 11.9 Å². The number of benzene rings is 1. The summed E-state index contributed by atoms with van der Waals surface area (Å²) in [5, 5.41) is 4.37. The molecule has 0 aliphatic carbocycles. The molecule has 1 aromatic rings. The van der Waals surface area contributed by atoms with Crippen LogP contribution in [0.25, 0.3) is 0 Å². The second kappa shape index (κ2) is 8.44. The Labute approximate surface area is 146 Å². The second-order valence-electron chi connectivity index (χ2n) is 5.45. The van der Waals surface area contributed by atoms with E-state index in [1.54, 1.807) is 6.07 Å². The van der Waals surface area contributed by atoms with Gasteiger partial charge < -0.3 is 10.2 Å². The summed E-state index contributed by atoms with van der Waals surface area (Å²) in [7, 11) is 0. The predicted molar refractivity (Wildman–Crippen MR) is 95.5 cm³/mol. The number of halogens is 2. The summed E-state index contributed by atoms with van der Waals surface area (Å²) in [6.45, 7) is 4.78. The van der Waals surface area contributed by atoms with Crippen LogP contribution in [0, 0.1) is 0 Å². The van der Waals surface area contributed by atoms with E-state index in [1.165, 1.54) is 11.8 Å². The smallest absolute Gasteiger partial charge is 0.255 e. The first-order valence-electron chi connectivity index (χ1n) is 7.63. The van der Waals surface area contributed by atoms with Gasteiger partial charge in [0.25, 0.3) is 5.91 Å². The molecule has 2 rings (SSSR count). The highest BCUT2D eigenvalue weighted by molar-refractivity contribution is 7.98. The van der Waals surface area contributed by atoms with Crippen LogP contribution in [-0.4, -0.2) is 42.7 Å². The summed E-state index contributed by atoms with van der Waals surface area (Å²) in [4.78, 5) is 15.9. The van der Waals surface area contributed by atoms with Gasteiger partial charge in [-0.1, -0.05) is 30.1 Å². The lowest BCUT2D eigenvalue weighted by atomic mass is 10.0. The molecule has 0 bridgehead atoms. The topological polar surface area (TPSA) is 32.3 Å². The molecule has 3 nitrogen and oxygen atoms in total. The van der Waals surface area contributed by atoms with E-state index in [1.807, 2.05) is 17.2 Å². The first-order valence-corrected chi connectivity index (χ1v) is 9.61. The van der Waals surface area contributed by atoms with Crippen molar-refractivity contribution in [1.82, 2.24) is 10.2 Å². The number of carbonyl (C=O) groups excluding carboxylic acids is 1. The van der Waals surface area contributed by atoms with Gasteiger partial charge in [-0.15, -0.1) is 11.8 Å². The largest absolute Gasteiger partial charge is 0.336 e. The zero-order valence-electron chi connectivity index (χ0n) is 13.0. The standard InChI is InChI=1S/C16H22Cl2N2OS/c1-3-8-20(11-4-6-19-7-5-11)16(21)12-9-15(22-2)14(18)10-13(12)17/h9-11,19H,3-8H2,1-2H3. The molecule has 1 amide bonds. The highest BCUT2D eigenvalue weighted by Gasteiger charge is 2.27. The van der Waals surface area contributed by atoms with E-state index < -0.39 is 0 Å². The third-order valence-corrected chi connectivity index (χ3v) is 5.46. The quantitative estimate of drug-likeness (QED) is 0.793. The number of hydrogen-bond donors (Lipinski definition) is 1. The number of amides is 1. The Morgan fingerprint density at radius 3 is 2.59 bits per heavy atom. The third-order valence-electron chi connectivity index (χ3n) is 3.95. The Balaban J connectivity index is 2.29. The molecule has 1 aliphatic heterocycles. The molecule has 0 radical (unpaired) electrons. The monoisotopic (exact) mass is 360 g/mol. The minimum Gasteiger partial charge on any atom is -0.336 e. The summed E-state index contributed by atoms with van der Waals surface area (Å²) in [5.41, 5.74) is 0.558. The third kappa shape index (κ3) is 4.10. The minimum atomic E-state index is 0.0192. The van der Waals surface area contributed by atoms with Crippen molar-refractivity contribution in [2.45, 2.75) is 37.1 Å². The first-order chi connectivity index (χ1) is 10.6. The maximum Gasteiger partial charge on any atom is 0.255 e. The fourth-order valence-electron chi connectivity index (χ4n) is 2.81. The predicted octanol–water partition coefficient (Wildman–Crippen LogP) is 4.32. The molecule has 1 N–H and O–H groups in total. The highest BCUT2D eigenvalue weighted by Crippen LogP contribution is 2.32. The zero-order chi connectivity index (χ0) is 16.1. The molecular weight excluding hydrogens is 339 g/mol. The number of thioether (sulfide) groups is 1. The van der Waals surface area contributed by atoms with E-state index in [4.69, 9.17) is 23.2 Å². The minimum absolute atomic E-state index is 0.0192. The van der Waals surface area contributed by atoms with Crippen LogP contribution >= 0.6 is 35.0 Å². The zero-order valence-corrected chi connectivity index (χ0v) is 15.3. The Kier molecular flexibility index (Phi) is 6.87. The maximum atomic E-state index is 13.0. The maximum absolute atomic E-state index is 13.0. The van der Waals surface area contributed by atoms with E-state index in [0.29, 0.717) is 15.6 Å². The average molecular weight is 361 g/mol. The summed E-state index contributed by atoms with van der Waals surface area (Å²) in [6.07, 6.45) is 4.87. The molecule has 1 aliphatic rings. The van der Waals surface area contributed by atoms with Crippen LogP contribution in [0.3, 0.4) is 0 Å². The molecule has 0 saturated carbocycles. The van der Waals surface area contributed by atoms with Crippen molar-refractivity contribution in [3.63, 3.8) is 0 Å².